The van der Waals surface area contributed by atoms with Gasteiger partial charge < -0.3 is 21.1 Å². The summed E-state index contributed by atoms with van der Waals surface area (Å²) in [7, 11) is 0. The Morgan fingerprint density at radius 2 is 1.47 bits per heavy atom. The van der Waals surface area contributed by atoms with E-state index in [0.717, 1.165) is 5.56 Å². The Balaban J connectivity index is 1.36. The van der Waals surface area contributed by atoms with Gasteiger partial charge in [0.05, 0.1) is 10.6 Å². The summed E-state index contributed by atoms with van der Waals surface area (Å²) in [5, 5.41) is 16.9. The van der Waals surface area contributed by atoms with E-state index in [2.05, 4.69) is 16.0 Å². The van der Waals surface area contributed by atoms with Crippen LogP contribution >= 0.6 is 23.4 Å². The topological polar surface area (TPSA) is 125 Å². The Morgan fingerprint density at radius 3 is 2.12 bits per heavy atom. The first-order chi connectivity index (χ1) is 23.6. The van der Waals surface area contributed by atoms with Crippen molar-refractivity contribution < 1.29 is 28.7 Å². The minimum Gasteiger partial charge on any atom is -0.478 e. The third-order valence-electron chi connectivity index (χ3n) is 7.27. The standard InChI is InChI=1S/C38H29ClFN3O5S/c1-23-15-16-26(38(47)48)21-32(23)42-37(46)34(24-9-4-2-5-10-24)49-28-19-17-27(18-20-28)41-36(45)33(22-29-30(39)13-8-14-31(29)40)43-35(44)25-11-6-3-7-12-25/h2-22,34H,1H3,(H,41,45)(H,42,46)(H,43,44)(H,47,48)/b33-22-. The van der Waals surface area contributed by atoms with Gasteiger partial charge in [-0.1, -0.05) is 72.3 Å². The zero-order valence-corrected chi connectivity index (χ0v) is 27.5. The highest BCUT2D eigenvalue weighted by atomic mass is 35.5. The second-order valence-electron chi connectivity index (χ2n) is 10.7. The number of amides is 3. The number of aromatic carboxylic acids is 1. The molecule has 0 fully saturated rings. The molecule has 0 aliphatic heterocycles. The third kappa shape index (κ3) is 9.01. The van der Waals surface area contributed by atoms with E-state index in [1.807, 2.05) is 30.3 Å². The molecule has 8 nitrogen and oxygen atoms in total. The average molecular weight is 694 g/mol. The summed E-state index contributed by atoms with van der Waals surface area (Å²) < 4.78 is 14.7. The van der Waals surface area contributed by atoms with Crippen LogP contribution in [0.4, 0.5) is 15.8 Å². The number of rotatable bonds is 11. The third-order valence-corrected chi connectivity index (χ3v) is 8.86. The van der Waals surface area contributed by atoms with Crippen molar-refractivity contribution >= 4 is 64.5 Å². The molecule has 1 unspecified atom stereocenters. The van der Waals surface area contributed by atoms with Crippen molar-refractivity contribution in [1.82, 2.24) is 5.32 Å². The lowest BCUT2D eigenvalue weighted by molar-refractivity contribution is -0.116. The van der Waals surface area contributed by atoms with Gasteiger partial charge in [-0.3, -0.25) is 14.4 Å². The second-order valence-corrected chi connectivity index (χ2v) is 12.3. The van der Waals surface area contributed by atoms with E-state index >= 15 is 0 Å². The number of carbonyl (C=O) groups excluding carboxylic acids is 3. The lowest BCUT2D eigenvalue weighted by Crippen LogP contribution is -2.30. The molecule has 0 aliphatic carbocycles. The predicted molar refractivity (Wildman–Crippen MR) is 190 cm³/mol. The van der Waals surface area contributed by atoms with Crippen LogP contribution in [-0.2, 0) is 9.59 Å². The molecular formula is C38H29ClFN3O5S. The van der Waals surface area contributed by atoms with E-state index < -0.39 is 28.9 Å². The molecule has 246 valence electrons. The maximum absolute atomic E-state index is 14.7. The number of hydrogen-bond acceptors (Lipinski definition) is 5. The van der Waals surface area contributed by atoms with Crippen LogP contribution in [0.2, 0.25) is 5.02 Å². The highest BCUT2D eigenvalue weighted by molar-refractivity contribution is 8.00. The van der Waals surface area contributed by atoms with Gasteiger partial charge in [-0.15, -0.1) is 11.8 Å². The van der Waals surface area contributed by atoms with Gasteiger partial charge in [0, 0.05) is 27.4 Å². The zero-order chi connectivity index (χ0) is 34.9. The first kappa shape index (κ1) is 34.6. The Bertz CT molecular complexity index is 2020. The van der Waals surface area contributed by atoms with Crippen molar-refractivity contribution in [2.45, 2.75) is 17.1 Å². The van der Waals surface area contributed by atoms with Gasteiger partial charge in [-0.25, -0.2) is 9.18 Å². The Hall–Kier alpha value is -5.71. The van der Waals surface area contributed by atoms with E-state index in [1.54, 1.807) is 67.6 Å². The molecule has 11 heteroatoms. The predicted octanol–water partition coefficient (Wildman–Crippen LogP) is 8.37. The molecule has 5 aromatic carbocycles. The first-order valence-electron chi connectivity index (χ1n) is 14.9. The number of thioether (sulfide) groups is 1. The van der Waals surface area contributed by atoms with Crippen LogP contribution < -0.4 is 16.0 Å². The largest absolute Gasteiger partial charge is 0.478 e. The monoisotopic (exact) mass is 693 g/mol. The number of aryl methyl sites for hydroxylation is 1. The summed E-state index contributed by atoms with van der Waals surface area (Å²) in [5.41, 5.74) is 2.25. The minimum atomic E-state index is -1.10. The van der Waals surface area contributed by atoms with Gasteiger partial charge in [0.2, 0.25) is 5.91 Å². The molecular weight excluding hydrogens is 665 g/mol. The summed E-state index contributed by atoms with van der Waals surface area (Å²) in [5.74, 6) is -3.42. The molecule has 0 aliphatic rings. The van der Waals surface area contributed by atoms with Crippen molar-refractivity contribution in [2.75, 3.05) is 10.6 Å². The number of carboxylic acids is 1. The highest BCUT2D eigenvalue weighted by Gasteiger charge is 2.24. The Labute approximate surface area is 291 Å². The smallest absolute Gasteiger partial charge is 0.335 e. The molecule has 5 rings (SSSR count). The van der Waals surface area contributed by atoms with Crippen molar-refractivity contribution in [3.8, 4) is 0 Å². The van der Waals surface area contributed by atoms with Crippen LogP contribution in [0.3, 0.4) is 0 Å². The van der Waals surface area contributed by atoms with Crippen LogP contribution in [0, 0.1) is 12.7 Å². The number of anilines is 2. The number of hydrogen-bond donors (Lipinski definition) is 4. The van der Waals surface area contributed by atoms with Crippen LogP contribution in [-0.4, -0.2) is 28.8 Å². The Kier molecular flexibility index (Phi) is 11.3. The van der Waals surface area contributed by atoms with Gasteiger partial charge in [-0.2, -0.15) is 0 Å². The zero-order valence-electron chi connectivity index (χ0n) is 25.9. The normalized spacial score (nSPS) is 11.7. The molecule has 3 amide bonds. The Morgan fingerprint density at radius 1 is 0.796 bits per heavy atom. The van der Waals surface area contributed by atoms with E-state index in [9.17, 15) is 28.7 Å². The first-order valence-corrected chi connectivity index (χ1v) is 16.1. The number of carboxylic acid groups (broad SMARTS) is 1. The number of benzene rings is 5. The van der Waals surface area contributed by atoms with Gasteiger partial charge in [0.1, 0.15) is 16.8 Å². The summed E-state index contributed by atoms with van der Waals surface area (Å²) >= 11 is 7.47. The fourth-order valence-electron chi connectivity index (χ4n) is 4.68. The van der Waals surface area contributed by atoms with E-state index in [4.69, 9.17) is 11.6 Å². The molecule has 1 atom stereocenters. The molecule has 0 heterocycles. The van der Waals surface area contributed by atoms with Crippen molar-refractivity contribution in [3.05, 3.63) is 166 Å². The fraction of sp³-hybridized carbons (Fsp3) is 0.0526. The molecule has 0 bridgehead atoms. The van der Waals surface area contributed by atoms with Crippen molar-refractivity contribution in [3.63, 3.8) is 0 Å². The number of nitrogens with one attached hydrogen (secondary N) is 3. The number of carbonyl (C=O) groups is 4. The molecule has 49 heavy (non-hydrogen) atoms. The van der Waals surface area contributed by atoms with E-state index in [-0.39, 0.29) is 27.8 Å². The lowest BCUT2D eigenvalue weighted by atomic mass is 10.1. The second kappa shape index (κ2) is 15.9. The van der Waals surface area contributed by atoms with Crippen LogP contribution in [0.25, 0.3) is 6.08 Å². The molecule has 4 N–H and O–H groups in total. The van der Waals surface area contributed by atoms with Crippen molar-refractivity contribution in [1.29, 1.82) is 0 Å². The fourth-order valence-corrected chi connectivity index (χ4v) is 5.92. The van der Waals surface area contributed by atoms with Gasteiger partial charge in [0.25, 0.3) is 11.8 Å². The molecule has 0 saturated carbocycles. The quantitative estimate of drug-likeness (QED) is 0.0814. The molecule has 0 spiro atoms. The summed E-state index contributed by atoms with van der Waals surface area (Å²) in [6, 6.07) is 32.7. The lowest BCUT2D eigenvalue weighted by Gasteiger charge is -2.18. The molecule has 0 saturated heterocycles. The van der Waals surface area contributed by atoms with E-state index in [0.29, 0.717) is 27.4 Å². The summed E-state index contributed by atoms with van der Waals surface area (Å²) in [4.78, 5) is 52.2. The molecule has 5 aromatic rings. The maximum atomic E-state index is 14.7. The van der Waals surface area contributed by atoms with Crippen LogP contribution in [0.15, 0.2) is 132 Å². The van der Waals surface area contributed by atoms with Gasteiger partial charge in [0.15, 0.2) is 0 Å². The van der Waals surface area contributed by atoms with E-state index in [1.165, 1.54) is 48.2 Å². The average Bonchev–Trinajstić information content (AvgIpc) is 3.10. The van der Waals surface area contributed by atoms with Crippen LogP contribution in [0.5, 0.6) is 0 Å². The molecule has 0 radical (unpaired) electrons. The summed E-state index contributed by atoms with van der Waals surface area (Å²) in [6.45, 7) is 1.78. The molecule has 0 aromatic heterocycles. The van der Waals surface area contributed by atoms with Crippen LogP contribution in [0.1, 0.15) is 42.7 Å². The van der Waals surface area contributed by atoms with Gasteiger partial charge >= 0.3 is 5.97 Å². The highest BCUT2D eigenvalue weighted by Crippen LogP contribution is 2.37. The minimum absolute atomic E-state index is 0.0529. The maximum Gasteiger partial charge on any atom is 0.335 e. The SMILES string of the molecule is Cc1ccc(C(=O)O)cc1NC(=O)C(Sc1ccc(NC(=O)/C(=C/c2c(F)cccc2Cl)NC(=O)c2ccccc2)cc1)c1ccccc1. The van der Waals surface area contributed by atoms with Crippen molar-refractivity contribution in [2.24, 2.45) is 0 Å². The summed E-state index contributed by atoms with van der Waals surface area (Å²) in [6.07, 6.45) is 1.18. The number of halogens is 2. The van der Waals surface area contributed by atoms with Gasteiger partial charge in [-0.05, 0) is 84.8 Å².